The maximum atomic E-state index is 12.4. The minimum absolute atomic E-state index is 0.00239. The Kier molecular flexibility index (Phi) is 6.59. The second-order valence-corrected chi connectivity index (χ2v) is 7.76. The minimum Gasteiger partial charge on any atom is -0.335 e. The molecule has 5 nitrogen and oxygen atoms in total. The summed E-state index contributed by atoms with van der Waals surface area (Å²) in [5.41, 5.74) is 2.92. The summed E-state index contributed by atoms with van der Waals surface area (Å²) in [6, 6.07) is 5.95. The fourth-order valence-corrected chi connectivity index (χ4v) is 3.60. The van der Waals surface area contributed by atoms with Gasteiger partial charge in [0, 0.05) is 25.8 Å². The zero-order valence-electron chi connectivity index (χ0n) is 16.1. The zero-order chi connectivity index (χ0) is 18.6. The number of nitrogens with one attached hydrogen (secondary N) is 1. The van der Waals surface area contributed by atoms with Crippen LogP contribution in [-0.2, 0) is 9.59 Å². The molecule has 1 fully saturated rings. The van der Waals surface area contributed by atoms with E-state index in [9.17, 15) is 9.59 Å². The van der Waals surface area contributed by atoms with E-state index < -0.39 is 0 Å². The van der Waals surface area contributed by atoms with Gasteiger partial charge in [0.1, 0.15) is 0 Å². The van der Waals surface area contributed by atoms with Gasteiger partial charge in [-0.2, -0.15) is 0 Å². The molecule has 1 saturated heterocycles. The highest BCUT2D eigenvalue weighted by Crippen LogP contribution is 2.20. The predicted molar refractivity (Wildman–Crippen MR) is 102 cm³/mol. The lowest BCUT2D eigenvalue weighted by molar-refractivity contribution is -0.134. The van der Waals surface area contributed by atoms with Crippen LogP contribution >= 0.6 is 0 Å². The number of carbonyl (C=O) groups excluding carboxylic acids is 2. The summed E-state index contributed by atoms with van der Waals surface area (Å²) in [6.45, 7) is 10.8. The van der Waals surface area contributed by atoms with Crippen LogP contribution in [0.3, 0.4) is 0 Å². The van der Waals surface area contributed by atoms with E-state index in [0.29, 0.717) is 18.4 Å². The summed E-state index contributed by atoms with van der Waals surface area (Å²) < 4.78 is 0. The Labute approximate surface area is 151 Å². The van der Waals surface area contributed by atoms with Gasteiger partial charge >= 0.3 is 0 Å². The van der Waals surface area contributed by atoms with Crippen molar-refractivity contribution in [3.63, 3.8) is 0 Å². The summed E-state index contributed by atoms with van der Waals surface area (Å²) >= 11 is 0. The summed E-state index contributed by atoms with van der Waals surface area (Å²) in [6.07, 6.45) is 1.22. The monoisotopic (exact) mass is 345 g/mol. The average Bonchev–Trinajstić information content (AvgIpc) is 2.49. The second-order valence-electron chi connectivity index (χ2n) is 7.76. The van der Waals surface area contributed by atoms with Crippen molar-refractivity contribution in [2.45, 2.75) is 34.1 Å². The largest absolute Gasteiger partial charge is 0.335 e. The number of carbonyl (C=O) groups is 2. The average molecular weight is 345 g/mol. The van der Waals surface area contributed by atoms with E-state index in [2.05, 4.69) is 24.1 Å². The molecular weight excluding hydrogens is 314 g/mol. The van der Waals surface area contributed by atoms with E-state index in [0.717, 1.165) is 29.9 Å². The number of piperidine rings is 1. The fraction of sp³-hybridized carbons (Fsp3) is 0.600. The molecule has 0 saturated carbocycles. The van der Waals surface area contributed by atoms with Crippen molar-refractivity contribution in [3.05, 3.63) is 29.3 Å². The van der Waals surface area contributed by atoms with Gasteiger partial charge in [-0.05, 0) is 49.3 Å². The third kappa shape index (κ3) is 5.85. The number of anilines is 1. The lowest BCUT2D eigenvalue weighted by atomic mass is 9.92. The lowest BCUT2D eigenvalue weighted by Gasteiger charge is -2.35. The van der Waals surface area contributed by atoms with Crippen molar-refractivity contribution >= 4 is 17.5 Å². The molecule has 0 bridgehead atoms. The Bertz CT molecular complexity index is 619. The fourth-order valence-electron chi connectivity index (χ4n) is 3.60. The van der Waals surface area contributed by atoms with Crippen molar-refractivity contribution in [1.29, 1.82) is 0 Å². The Hall–Kier alpha value is -1.88. The molecule has 1 aromatic carbocycles. The number of benzene rings is 1. The standard InChI is InChI=1S/C20H31N3O2/c1-14-6-7-17(4)18(9-14)21-19(24)12-22(5)20(25)13-23-10-15(2)8-16(3)11-23/h6-7,9,15-16H,8,10-13H2,1-5H3,(H,21,24). The Morgan fingerprint density at radius 1 is 1.20 bits per heavy atom. The van der Waals surface area contributed by atoms with Gasteiger partial charge in [-0.3, -0.25) is 14.5 Å². The second kappa shape index (κ2) is 8.48. The van der Waals surface area contributed by atoms with Gasteiger partial charge in [-0.15, -0.1) is 0 Å². The van der Waals surface area contributed by atoms with E-state index in [1.54, 1.807) is 7.05 Å². The van der Waals surface area contributed by atoms with Crippen LogP contribution in [0.15, 0.2) is 18.2 Å². The number of likely N-dealkylation sites (tertiary alicyclic amines) is 1. The van der Waals surface area contributed by atoms with Crippen LogP contribution in [0.4, 0.5) is 5.69 Å². The van der Waals surface area contributed by atoms with E-state index in [1.165, 1.54) is 11.3 Å². The molecule has 1 N–H and O–H groups in total. The number of likely N-dealkylation sites (N-methyl/N-ethyl adjacent to an activating group) is 1. The molecule has 25 heavy (non-hydrogen) atoms. The van der Waals surface area contributed by atoms with Gasteiger partial charge in [0.15, 0.2) is 0 Å². The van der Waals surface area contributed by atoms with Gasteiger partial charge in [-0.25, -0.2) is 0 Å². The molecule has 1 aromatic rings. The maximum Gasteiger partial charge on any atom is 0.243 e. The molecule has 138 valence electrons. The molecule has 1 aliphatic heterocycles. The number of hydrogen-bond donors (Lipinski definition) is 1. The molecule has 0 radical (unpaired) electrons. The highest BCUT2D eigenvalue weighted by atomic mass is 16.2. The molecule has 1 aliphatic rings. The first-order valence-corrected chi connectivity index (χ1v) is 9.08. The third-order valence-electron chi connectivity index (χ3n) is 4.78. The maximum absolute atomic E-state index is 12.4. The predicted octanol–water partition coefficient (Wildman–Crippen LogP) is 2.68. The molecule has 5 heteroatoms. The van der Waals surface area contributed by atoms with E-state index in [4.69, 9.17) is 0 Å². The number of rotatable bonds is 5. The SMILES string of the molecule is Cc1ccc(C)c(NC(=O)CN(C)C(=O)CN2CC(C)CC(C)C2)c1. The van der Waals surface area contributed by atoms with E-state index in [-0.39, 0.29) is 18.4 Å². The van der Waals surface area contributed by atoms with Crippen molar-refractivity contribution in [2.24, 2.45) is 11.8 Å². The topological polar surface area (TPSA) is 52.7 Å². The van der Waals surface area contributed by atoms with Crippen molar-refractivity contribution in [1.82, 2.24) is 9.80 Å². The number of hydrogen-bond acceptors (Lipinski definition) is 3. The molecule has 2 amide bonds. The number of amides is 2. The van der Waals surface area contributed by atoms with E-state index >= 15 is 0 Å². The summed E-state index contributed by atoms with van der Waals surface area (Å²) in [7, 11) is 1.70. The molecule has 2 atom stereocenters. The lowest BCUT2D eigenvalue weighted by Crippen LogP contribution is -2.46. The van der Waals surface area contributed by atoms with E-state index in [1.807, 2.05) is 32.0 Å². The number of aryl methyl sites for hydroxylation is 2. The first-order valence-electron chi connectivity index (χ1n) is 9.08. The van der Waals surface area contributed by atoms with Gasteiger partial charge in [0.2, 0.25) is 11.8 Å². The third-order valence-corrected chi connectivity index (χ3v) is 4.78. The van der Waals surface area contributed by atoms with Crippen LogP contribution in [0.2, 0.25) is 0 Å². The quantitative estimate of drug-likeness (QED) is 0.893. The Balaban J connectivity index is 1.85. The minimum atomic E-state index is -0.162. The van der Waals surface area contributed by atoms with Gasteiger partial charge < -0.3 is 10.2 Å². The molecule has 1 heterocycles. The van der Waals surface area contributed by atoms with Crippen LogP contribution in [-0.4, -0.2) is 54.8 Å². The highest BCUT2D eigenvalue weighted by molar-refractivity contribution is 5.95. The van der Waals surface area contributed by atoms with Crippen LogP contribution in [0.25, 0.3) is 0 Å². The first kappa shape index (κ1) is 19.4. The van der Waals surface area contributed by atoms with Crippen LogP contribution < -0.4 is 5.32 Å². The zero-order valence-corrected chi connectivity index (χ0v) is 16.1. The van der Waals surface area contributed by atoms with Crippen molar-refractivity contribution in [3.8, 4) is 0 Å². The van der Waals surface area contributed by atoms with Crippen LogP contribution in [0.1, 0.15) is 31.4 Å². The molecule has 2 rings (SSSR count). The highest BCUT2D eigenvalue weighted by Gasteiger charge is 2.24. The number of nitrogens with zero attached hydrogens (tertiary/aromatic N) is 2. The Morgan fingerprint density at radius 3 is 2.48 bits per heavy atom. The molecule has 0 aliphatic carbocycles. The normalized spacial score (nSPS) is 21.0. The smallest absolute Gasteiger partial charge is 0.243 e. The molecule has 0 spiro atoms. The molecule has 2 unspecified atom stereocenters. The summed E-state index contributed by atoms with van der Waals surface area (Å²) in [4.78, 5) is 28.4. The molecule has 0 aromatic heterocycles. The van der Waals surface area contributed by atoms with Gasteiger partial charge in [0.25, 0.3) is 0 Å². The summed E-state index contributed by atoms with van der Waals surface area (Å²) in [5, 5.41) is 2.91. The van der Waals surface area contributed by atoms with Crippen molar-refractivity contribution in [2.75, 3.05) is 38.5 Å². The van der Waals surface area contributed by atoms with Gasteiger partial charge in [0.05, 0.1) is 13.1 Å². The first-order chi connectivity index (χ1) is 11.7. The van der Waals surface area contributed by atoms with Gasteiger partial charge in [-0.1, -0.05) is 26.0 Å². The Morgan fingerprint density at radius 2 is 1.84 bits per heavy atom. The van der Waals surface area contributed by atoms with Crippen molar-refractivity contribution < 1.29 is 9.59 Å². The van der Waals surface area contributed by atoms with Crippen LogP contribution in [0, 0.1) is 25.7 Å². The molecular formula is C20H31N3O2. The summed E-state index contributed by atoms with van der Waals surface area (Å²) in [5.74, 6) is 1.08. The van der Waals surface area contributed by atoms with Crippen LogP contribution in [0.5, 0.6) is 0 Å².